The van der Waals surface area contributed by atoms with Crippen LogP contribution < -0.4 is 0 Å². The van der Waals surface area contributed by atoms with Crippen LogP contribution in [0.2, 0.25) is 0 Å². The number of carbonyl (C=O) groups excluding carboxylic acids is 1. The highest BCUT2D eigenvalue weighted by atomic mass is 16.5. The third-order valence-corrected chi connectivity index (χ3v) is 11.7. The number of rotatable bonds is 6. The van der Waals surface area contributed by atoms with E-state index < -0.39 is 18.3 Å². The Morgan fingerprint density at radius 2 is 1.62 bits per heavy atom. The van der Waals surface area contributed by atoms with Gasteiger partial charge in [0.25, 0.3) is 0 Å². The number of esters is 1. The molecule has 0 spiro atoms. The molecule has 0 unspecified atom stereocenters. The van der Waals surface area contributed by atoms with Crippen molar-refractivity contribution in [2.24, 2.45) is 58.2 Å². The van der Waals surface area contributed by atoms with Gasteiger partial charge in [-0.25, -0.2) is 0 Å². The molecule has 0 bridgehead atoms. The first-order valence-corrected chi connectivity index (χ1v) is 14.2. The van der Waals surface area contributed by atoms with Crippen molar-refractivity contribution in [2.45, 2.75) is 111 Å². The molecule has 0 radical (unpaired) electrons. The van der Waals surface area contributed by atoms with Gasteiger partial charge in [0.1, 0.15) is 0 Å². The van der Waals surface area contributed by atoms with Crippen LogP contribution in [0.25, 0.3) is 0 Å². The summed E-state index contributed by atoms with van der Waals surface area (Å²) in [5.41, 5.74) is 0.00143. The lowest BCUT2D eigenvalue weighted by Crippen LogP contribution is -2.52. The number of carbonyl (C=O) groups is 1. The predicted molar refractivity (Wildman–Crippen MR) is 133 cm³/mol. The Labute approximate surface area is 207 Å². The first kappa shape index (κ1) is 26.4. The summed E-state index contributed by atoms with van der Waals surface area (Å²) in [5, 5.41) is 32.7. The molecule has 0 aromatic rings. The third kappa shape index (κ3) is 4.16. The van der Waals surface area contributed by atoms with E-state index in [2.05, 4.69) is 41.5 Å². The summed E-state index contributed by atoms with van der Waals surface area (Å²) in [6.07, 6.45) is 5.68. The number of hydrogen-bond donors (Lipinski definition) is 3. The van der Waals surface area contributed by atoms with Crippen LogP contribution in [-0.2, 0) is 9.53 Å². The molecule has 12 atom stereocenters. The maximum absolute atomic E-state index is 13.0. The quantitative estimate of drug-likeness (QED) is 0.477. The topological polar surface area (TPSA) is 87.0 Å². The molecule has 3 aliphatic carbocycles. The van der Waals surface area contributed by atoms with Gasteiger partial charge in [0, 0.05) is 0 Å². The lowest BCUT2D eigenvalue weighted by Gasteiger charge is -2.55. The lowest BCUT2D eigenvalue weighted by molar-refractivity contribution is -0.155. The second kappa shape index (κ2) is 9.67. The van der Waals surface area contributed by atoms with Gasteiger partial charge in [-0.3, -0.25) is 4.79 Å². The molecule has 5 heteroatoms. The van der Waals surface area contributed by atoms with Gasteiger partial charge in [-0.15, -0.1) is 0 Å². The maximum atomic E-state index is 13.0. The van der Waals surface area contributed by atoms with Crippen LogP contribution in [-0.4, -0.2) is 46.2 Å². The van der Waals surface area contributed by atoms with Gasteiger partial charge in [0.15, 0.2) is 0 Å². The summed E-state index contributed by atoms with van der Waals surface area (Å²) in [5.74, 6) is 1.84. The number of fused-ring (bicyclic) bond motifs is 5. The first-order valence-electron chi connectivity index (χ1n) is 14.2. The molecule has 196 valence electrons. The summed E-state index contributed by atoms with van der Waals surface area (Å²) in [7, 11) is 0. The Balaban J connectivity index is 1.56. The molecule has 3 N–H and O–H groups in total. The Bertz CT molecular complexity index is 738. The Morgan fingerprint density at radius 3 is 2.26 bits per heavy atom. The van der Waals surface area contributed by atoms with E-state index in [1.165, 1.54) is 0 Å². The van der Waals surface area contributed by atoms with E-state index >= 15 is 0 Å². The predicted octanol–water partition coefficient (Wildman–Crippen LogP) is 4.81. The van der Waals surface area contributed by atoms with E-state index in [0.717, 1.165) is 44.9 Å². The largest absolute Gasteiger partial charge is 0.465 e. The number of aliphatic hydroxyl groups excluding tert-OH is 3. The Hall–Kier alpha value is -0.650. The second-order valence-corrected chi connectivity index (χ2v) is 13.4. The number of ether oxygens (including phenoxy) is 1. The van der Waals surface area contributed by atoms with Crippen LogP contribution in [0.3, 0.4) is 0 Å². The molecular formula is C29H50O5. The first-order chi connectivity index (χ1) is 16.0. The summed E-state index contributed by atoms with van der Waals surface area (Å²) < 4.78 is 5.92. The molecule has 4 rings (SSSR count). The Morgan fingerprint density at radius 1 is 0.971 bits per heavy atom. The van der Waals surface area contributed by atoms with Crippen LogP contribution in [0, 0.1) is 58.2 Å². The third-order valence-electron chi connectivity index (χ3n) is 11.7. The maximum Gasteiger partial charge on any atom is 0.309 e. The van der Waals surface area contributed by atoms with E-state index in [-0.39, 0.29) is 34.6 Å². The van der Waals surface area contributed by atoms with Crippen LogP contribution >= 0.6 is 0 Å². The van der Waals surface area contributed by atoms with Gasteiger partial charge >= 0.3 is 5.97 Å². The SMILES string of the molecule is CC[C@@H](C(C)C)[C@@H](O)[C@H](O)[C@@H](C)[C@H]1CC[C@H]2[C@@H]3COC(=O)[C@H]4C[C@@H](O)CC[C@]4(C)[C@H]3CC[C@]12C. The van der Waals surface area contributed by atoms with Gasteiger partial charge in [0.05, 0.1) is 30.8 Å². The molecule has 3 saturated carbocycles. The van der Waals surface area contributed by atoms with Crippen molar-refractivity contribution in [1.82, 2.24) is 0 Å². The van der Waals surface area contributed by atoms with Gasteiger partial charge < -0.3 is 20.1 Å². The average molecular weight is 479 g/mol. The minimum Gasteiger partial charge on any atom is -0.465 e. The molecule has 1 saturated heterocycles. The standard InChI is InChI=1S/C29H50O5/c1-7-19(16(2)3)26(32)25(31)17(4)21-8-9-22-20-15-34-27(33)24-14-18(30)10-12-29(24,6)23(20)11-13-28(21,22)5/h16-26,30-32H,7-15H2,1-6H3/t17-,18-,19-,20-,21+,22-,23-,24+,25+,26+,28+,29+/m0/s1. The van der Waals surface area contributed by atoms with E-state index in [1.54, 1.807) is 0 Å². The highest BCUT2D eigenvalue weighted by molar-refractivity contribution is 5.74. The molecule has 5 nitrogen and oxygen atoms in total. The minimum atomic E-state index is -0.709. The van der Waals surface area contributed by atoms with Crippen LogP contribution in [0.5, 0.6) is 0 Å². The highest BCUT2D eigenvalue weighted by Gasteiger charge is 2.62. The molecule has 1 aliphatic heterocycles. The van der Waals surface area contributed by atoms with Crippen molar-refractivity contribution in [3.63, 3.8) is 0 Å². The summed E-state index contributed by atoms with van der Waals surface area (Å²) in [6, 6.07) is 0. The van der Waals surface area contributed by atoms with Crippen molar-refractivity contribution >= 4 is 5.97 Å². The molecule has 34 heavy (non-hydrogen) atoms. The van der Waals surface area contributed by atoms with Crippen molar-refractivity contribution in [3.8, 4) is 0 Å². The summed E-state index contributed by atoms with van der Waals surface area (Å²) in [6.45, 7) is 13.7. The normalized spacial score (nSPS) is 45.9. The van der Waals surface area contributed by atoms with E-state index in [9.17, 15) is 20.1 Å². The zero-order valence-corrected chi connectivity index (χ0v) is 22.4. The molecule has 0 aromatic heterocycles. The molecule has 4 aliphatic rings. The molecule has 1 heterocycles. The van der Waals surface area contributed by atoms with Gasteiger partial charge in [-0.1, -0.05) is 48.0 Å². The Kier molecular flexibility index (Phi) is 7.51. The highest BCUT2D eigenvalue weighted by Crippen LogP contribution is 2.66. The van der Waals surface area contributed by atoms with Gasteiger partial charge in [0.2, 0.25) is 0 Å². The van der Waals surface area contributed by atoms with E-state index in [4.69, 9.17) is 4.74 Å². The van der Waals surface area contributed by atoms with Crippen LogP contribution in [0.4, 0.5) is 0 Å². The molecule has 4 fully saturated rings. The fourth-order valence-corrected chi connectivity index (χ4v) is 9.55. The van der Waals surface area contributed by atoms with Gasteiger partial charge in [-0.2, -0.15) is 0 Å². The van der Waals surface area contributed by atoms with Crippen molar-refractivity contribution in [2.75, 3.05) is 6.61 Å². The minimum absolute atomic E-state index is 0.0378. The number of hydrogen-bond acceptors (Lipinski definition) is 5. The van der Waals surface area contributed by atoms with E-state index in [1.807, 2.05) is 0 Å². The van der Waals surface area contributed by atoms with Crippen molar-refractivity contribution < 1.29 is 24.9 Å². The number of cyclic esters (lactones) is 1. The fraction of sp³-hybridized carbons (Fsp3) is 0.966. The second-order valence-electron chi connectivity index (χ2n) is 13.4. The molecule has 0 aromatic carbocycles. The van der Waals surface area contributed by atoms with Gasteiger partial charge in [-0.05, 0) is 97.2 Å². The summed E-state index contributed by atoms with van der Waals surface area (Å²) in [4.78, 5) is 13.0. The molecule has 0 amide bonds. The monoisotopic (exact) mass is 478 g/mol. The zero-order chi connectivity index (χ0) is 25.0. The van der Waals surface area contributed by atoms with Crippen LogP contribution in [0.15, 0.2) is 0 Å². The average Bonchev–Trinajstić information content (AvgIpc) is 3.10. The lowest BCUT2D eigenvalue weighted by atomic mass is 9.48. The van der Waals surface area contributed by atoms with Crippen molar-refractivity contribution in [1.29, 1.82) is 0 Å². The van der Waals surface area contributed by atoms with E-state index in [0.29, 0.717) is 42.6 Å². The fourth-order valence-electron chi connectivity index (χ4n) is 9.55. The smallest absolute Gasteiger partial charge is 0.309 e. The molecular weight excluding hydrogens is 428 g/mol. The number of aliphatic hydroxyl groups is 3. The van der Waals surface area contributed by atoms with Crippen LogP contribution in [0.1, 0.15) is 92.9 Å². The summed E-state index contributed by atoms with van der Waals surface area (Å²) >= 11 is 0. The zero-order valence-electron chi connectivity index (χ0n) is 22.4. The van der Waals surface area contributed by atoms with Crippen molar-refractivity contribution in [3.05, 3.63) is 0 Å².